The Morgan fingerprint density at radius 1 is 0.885 bits per heavy atom. The molecule has 0 aromatic heterocycles. The molecule has 0 aliphatic carbocycles. The van der Waals surface area contributed by atoms with Crippen molar-refractivity contribution in [1.29, 1.82) is 0 Å². The Morgan fingerprint density at radius 3 is 1.73 bits per heavy atom. The number of benzene rings is 2. The summed E-state index contributed by atoms with van der Waals surface area (Å²) in [5, 5.41) is -0.140. The molecule has 0 saturated heterocycles. The van der Waals surface area contributed by atoms with Crippen molar-refractivity contribution in [3.05, 3.63) is 65.2 Å². The highest BCUT2D eigenvalue weighted by atomic mass is 31.2. The molecular weight excluding hydrogens is 385 g/mol. The van der Waals surface area contributed by atoms with Gasteiger partial charge in [0.15, 0.2) is 0 Å². The summed E-state index contributed by atoms with van der Waals surface area (Å²) < 4.78 is 95.1. The van der Waals surface area contributed by atoms with E-state index in [1.54, 1.807) is 0 Å². The Bertz CT molecular complexity index is 826. The minimum atomic E-state index is -5.12. The van der Waals surface area contributed by atoms with Crippen molar-refractivity contribution in [2.75, 3.05) is 7.11 Å². The monoisotopic (exact) mass is 396 g/mol. The molecule has 0 bridgehead atoms. The van der Waals surface area contributed by atoms with Crippen LogP contribution >= 0.6 is 7.37 Å². The highest BCUT2D eigenvalue weighted by molar-refractivity contribution is 7.83. The second kappa shape index (κ2) is 6.89. The molecule has 0 radical (unpaired) electrons. The van der Waals surface area contributed by atoms with Gasteiger partial charge in [-0.3, -0.25) is 9.36 Å². The van der Waals surface area contributed by atoms with Crippen LogP contribution in [0.25, 0.3) is 0 Å². The first kappa shape index (κ1) is 20.2. The Hall–Kier alpha value is -2.12. The summed E-state index contributed by atoms with van der Waals surface area (Å²) in [6.45, 7) is 0. The second-order valence-electron chi connectivity index (χ2n) is 5.17. The summed E-state index contributed by atoms with van der Waals surface area (Å²) in [6.07, 6.45) is -10.2. The third-order valence-electron chi connectivity index (χ3n) is 3.46. The van der Waals surface area contributed by atoms with Crippen molar-refractivity contribution in [3.63, 3.8) is 0 Å². The molecule has 2 rings (SSSR count). The highest BCUT2D eigenvalue weighted by Crippen LogP contribution is 2.49. The summed E-state index contributed by atoms with van der Waals surface area (Å²) in [5.41, 5.74) is -5.80. The zero-order valence-electron chi connectivity index (χ0n) is 13.1. The summed E-state index contributed by atoms with van der Waals surface area (Å²) in [7, 11) is -3.49. The smallest absolute Gasteiger partial charge is 0.323 e. The Balaban J connectivity index is 2.66. The van der Waals surface area contributed by atoms with Gasteiger partial charge in [-0.15, -0.1) is 0 Å². The first-order chi connectivity index (χ1) is 11.9. The van der Waals surface area contributed by atoms with Gasteiger partial charge >= 0.3 is 19.7 Å². The van der Waals surface area contributed by atoms with E-state index in [0.717, 1.165) is 7.11 Å². The normalized spacial score (nSPS) is 14.7. The first-order valence-corrected chi connectivity index (χ1v) is 8.58. The lowest BCUT2D eigenvalue weighted by atomic mass is 10.1. The lowest BCUT2D eigenvalue weighted by molar-refractivity contribution is -0.143. The van der Waals surface area contributed by atoms with E-state index in [-0.39, 0.29) is 23.5 Å². The van der Waals surface area contributed by atoms with Crippen molar-refractivity contribution in [2.45, 2.75) is 12.4 Å². The van der Waals surface area contributed by atoms with Gasteiger partial charge < -0.3 is 4.52 Å². The van der Waals surface area contributed by atoms with Gasteiger partial charge in [0, 0.05) is 18.0 Å². The molecule has 0 aliphatic rings. The van der Waals surface area contributed by atoms with Crippen LogP contribution in [0.15, 0.2) is 48.5 Å². The number of carbonyl (C=O) groups is 1. The minimum Gasteiger partial charge on any atom is -0.323 e. The van der Waals surface area contributed by atoms with Crippen LogP contribution in [0.4, 0.5) is 26.3 Å². The maximum atomic E-state index is 12.9. The van der Waals surface area contributed by atoms with Crippen LogP contribution in [0.3, 0.4) is 0 Å². The van der Waals surface area contributed by atoms with E-state index in [0.29, 0.717) is 0 Å². The van der Waals surface area contributed by atoms with Gasteiger partial charge in [0.1, 0.15) is 0 Å². The Kier molecular flexibility index (Phi) is 5.35. The number of alkyl halides is 6. The van der Waals surface area contributed by atoms with E-state index >= 15 is 0 Å². The average molecular weight is 396 g/mol. The number of hydrogen-bond donors (Lipinski definition) is 0. The summed E-state index contributed by atoms with van der Waals surface area (Å²) in [5.74, 6) is 0. The fourth-order valence-electron chi connectivity index (χ4n) is 2.18. The third kappa shape index (κ3) is 3.99. The number of halogens is 6. The van der Waals surface area contributed by atoms with Crippen LogP contribution in [0.5, 0.6) is 0 Å². The van der Waals surface area contributed by atoms with Crippen molar-refractivity contribution in [1.82, 2.24) is 0 Å². The maximum Gasteiger partial charge on any atom is 0.416 e. The average Bonchev–Trinajstić information content (AvgIpc) is 2.59. The molecule has 1 unspecified atom stereocenters. The molecule has 0 fully saturated rings. The van der Waals surface area contributed by atoms with E-state index in [1.165, 1.54) is 30.3 Å². The summed E-state index contributed by atoms with van der Waals surface area (Å²) in [6, 6.07) is 7.15. The topological polar surface area (TPSA) is 43.4 Å². The standard InChI is InChI=1S/C16H11F6O3P/c1-25-26(24,13-5-3-2-4-6-13)14(23)10-7-11(15(17,18)19)9-12(8-10)16(20,21)22/h2-9H,1H3. The molecule has 0 aliphatic heterocycles. The first-order valence-electron chi connectivity index (χ1n) is 6.95. The predicted molar refractivity (Wildman–Crippen MR) is 81.5 cm³/mol. The van der Waals surface area contributed by atoms with Crippen molar-refractivity contribution in [3.8, 4) is 0 Å². The van der Waals surface area contributed by atoms with Crippen LogP contribution in [0.1, 0.15) is 21.5 Å². The van der Waals surface area contributed by atoms with Crippen molar-refractivity contribution in [2.24, 2.45) is 0 Å². The minimum absolute atomic E-state index is 0.114. The molecule has 0 amide bonds. The van der Waals surface area contributed by atoms with E-state index in [9.17, 15) is 35.7 Å². The lowest BCUT2D eigenvalue weighted by Crippen LogP contribution is -2.17. The highest BCUT2D eigenvalue weighted by Gasteiger charge is 2.41. The molecule has 10 heteroatoms. The third-order valence-corrected chi connectivity index (χ3v) is 5.74. The molecule has 140 valence electrons. The van der Waals surface area contributed by atoms with Gasteiger partial charge in [-0.2, -0.15) is 26.3 Å². The molecule has 0 heterocycles. The Labute approximate surface area is 144 Å². The molecule has 0 saturated carbocycles. The van der Waals surface area contributed by atoms with Crippen LogP contribution in [-0.4, -0.2) is 12.6 Å². The molecule has 1 atom stereocenters. The van der Waals surface area contributed by atoms with Gasteiger partial charge in [-0.1, -0.05) is 18.2 Å². The number of carbonyl (C=O) groups excluding carboxylic acids is 1. The van der Waals surface area contributed by atoms with E-state index in [2.05, 4.69) is 0 Å². The van der Waals surface area contributed by atoms with E-state index < -0.39 is 41.9 Å². The second-order valence-corrected chi connectivity index (χ2v) is 7.56. The number of hydrogen-bond acceptors (Lipinski definition) is 3. The Morgan fingerprint density at radius 2 is 1.35 bits per heavy atom. The molecule has 26 heavy (non-hydrogen) atoms. The molecular formula is C16H11F6O3P. The SMILES string of the molecule is COP(=O)(C(=O)c1cc(C(F)(F)F)cc(C(F)(F)F)c1)c1ccccc1. The van der Waals surface area contributed by atoms with Crippen molar-refractivity contribution < 1.29 is 40.2 Å². The van der Waals surface area contributed by atoms with Gasteiger partial charge in [-0.05, 0) is 30.3 Å². The number of rotatable bonds is 4. The van der Waals surface area contributed by atoms with Gasteiger partial charge in [0.05, 0.1) is 11.1 Å². The van der Waals surface area contributed by atoms with Crippen molar-refractivity contribution >= 4 is 18.2 Å². The van der Waals surface area contributed by atoms with E-state index in [4.69, 9.17) is 4.52 Å². The van der Waals surface area contributed by atoms with E-state index in [1.807, 2.05) is 0 Å². The predicted octanol–water partition coefficient (Wildman–Crippen LogP) is 5.11. The molecule has 0 spiro atoms. The largest absolute Gasteiger partial charge is 0.416 e. The van der Waals surface area contributed by atoms with Crippen LogP contribution in [0.2, 0.25) is 0 Å². The molecule has 3 nitrogen and oxygen atoms in total. The van der Waals surface area contributed by atoms with Crippen LogP contribution < -0.4 is 5.30 Å². The van der Waals surface area contributed by atoms with Gasteiger partial charge in [0.2, 0.25) is 0 Å². The molecule has 2 aromatic carbocycles. The molecule has 2 aromatic rings. The lowest BCUT2D eigenvalue weighted by Gasteiger charge is -2.18. The fourth-order valence-corrected chi connectivity index (χ4v) is 3.82. The maximum absolute atomic E-state index is 12.9. The van der Waals surface area contributed by atoms with Gasteiger partial charge in [0.25, 0.3) is 5.52 Å². The van der Waals surface area contributed by atoms with Gasteiger partial charge in [-0.25, -0.2) is 0 Å². The summed E-state index contributed by atoms with van der Waals surface area (Å²) in [4.78, 5) is 12.5. The fraction of sp³-hybridized carbons (Fsp3) is 0.188. The molecule has 0 N–H and O–H groups in total. The zero-order chi connectivity index (χ0) is 19.8. The summed E-state index contributed by atoms with van der Waals surface area (Å²) >= 11 is 0. The van der Waals surface area contributed by atoms with Crippen LogP contribution in [-0.2, 0) is 21.4 Å². The zero-order valence-corrected chi connectivity index (χ0v) is 14.0. The van der Waals surface area contributed by atoms with Crippen LogP contribution in [0, 0.1) is 0 Å². The quantitative estimate of drug-likeness (QED) is 0.533.